The largest absolute Gasteiger partial charge is 0.453 e. The Morgan fingerprint density at radius 1 is 1.07 bits per heavy atom. The fraction of sp³-hybridized carbons (Fsp3) is 0.273. The van der Waals surface area contributed by atoms with Crippen molar-refractivity contribution in [1.29, 1.82) is 0 Å². The van der Waals surface area contributed by atoms with Gasteiger partial charge in [0.1, 0.15) is 0 Å². The summed E-state index contributed by atoms with van der Waals surface area (Å²) in [5.74, 6) is -1.72. The molecule has 1 N–H and O–H groups in total. The molecular formula is C22H21BrN2O5. The molecule has 8 heteroatoms. The minimum absolute atomic E-state index is 0.0116. The van der Waals surface area contributed by atoms with Gasteiger partial charge in [-0.25, -0.2) is 0 Å². The molecule has 1 atom stereocenters. The van der Waals surface area contributed by atoms with E-state index in [4.69, 9.17) is 4.74 Å². The lowest BCUT2D eigenvalue weighted by Crippen LogP contribution is -2.32. The average molecular weight is 473 g/mol. The SMILES string of the molecule is Cc1ccc2c(c1)C(=O)N(CCCC(=O)OC(C)C(=O)Nc1ccc(Br)cc1)C2=O. The molecule has 1 aliphatic heterocycles. The first-order valence-corrected chi connectivity index (χ1v) is 10.3. The lowest BCUT2D eigenvalue weighted by atomic mass is 10.1. The summed E-state index contributed by atoms with van der Waals surface area (Å²) in [6, 6.07) is 12.1. The van der Waals surface area contributed by atoms with E-state index in [0.29, 0.717) is 16.8 Å². The fourth-order valence-electron chi connectivity index (χ4n) is 3.08. The third-order valence-corrected chi connectivity index (χ3v) is 5.21. The van der Waals surface area contributed by atoms with Crippen LogP contribution in [0.3, 0.4) is 0 Å². The first-order valence-electron chi connectivity index (χ1n) is 9.49. The molecule has 0 fully saturated rings. The summed E-state index contributed by atoms with van der Waals surface area (Å²) >= 11 is 3.31. The Morgan fingerprint density at radius 3 is 2.43 bits per heavy atom. The quantitative estimate of drug-likeness (QED) is 0.489. The summed E-state index contributed by atoms with van der Waals surface area (Å²) < 4.78 is 6.04. The van der Waals surface area contributed by atoms with Gasteiger partial charge in [0.25, 0.3) is 17.7 Å². The number of nitrogens with one attached hydrogen (secondary N) is 1. The van der Waals surface area contributed by atoms with Crippen molar-refractivity contribution in [2.75, 3.05) is 11.9 Å². The van der Waals surface area contributed by atoms with Gasteiger partial charge in [-0.15, -0.1) is 0 Å². The number of halogens is 1. The maximum atomic E-state index is 12.4. The number of carbonyl (C=O) groups is 4. The molecule has 0 saturated carbocycles. The molecule has 156 valence electrons. The minimum Gasteiger partial charge on any atom is -0.453 e. The highest BCUT2D eigenvalue weighted by atomic mass is 79.9. The second-order valence-corrected chi connectivity index (χ2v) is 7.96. The predicted octanol–water partition coefficient (Wildman–Crippen LogP) is 3.70. The lowest BCUT2D eigenvalue weighted by Gasteiger charge is -2.15. The van der Waals surface area contributed by atoms with Crippen molar-refractivity contribution in [2.45, 2.75) is 32.8 Å². The van der Waals surface area contributed by atoms with Crippen molar-refractivity contribution < 1.29 is 23.9 Å². The first kappa shape index (κ1) is 21.7. The highest BCUT2D eigenvalue weighted by molar-refractivity contribution is 9.10. The molecule has 1 unspecified atom stereocenters. The molecular weight excluding hydrogens is 452 g/mol. The number of amides is 3. The highest BCUT2D eigenvalue weighted by Crippen LogP contribution is 2.24. The highest BCUT2D eigenvalue weighted by Gasteiger charge is 2.35. The van der Waals surface area contributed by atoms with E-state index in [0.717, 1.165) is 14.9 Å². The van der Waals surface area contributed by atoms with Crippen molar-refractivity contribution in [3.63, 3.8) is 0 Å². The van der Waals surface area contributed by atoms with Crippen LogP contribution in [0.5, 0.6) is 0 Å². The van der Waals surface area contributed by atoms with Gasteiger partial charge in [-0.3, -0.25) is 24.1 Å². The smallest absolute Gasteiger partial charge is 0.306 e. The van der Waals surface area contributed by atoms with Crippen LogP contribution in [0.4, 0.5) is 5.69 Å². The van der Waals surface area contributed by atoms with Crippen LogP contribution in [0, 0.1) is 6.92 Å². The molecule has 0 spiro atoms. The first-order chi connectivity index (χ1) is 14.3. The number of fused-ring (bicyclic) bond motifs is 1. The maximum Gasteiger partial charge on any atom is 0.306 e. The summed E-state index contributed by atoms with van der Waals surface area (Å²) in [5.41, 5.74) is 2.26. The van der Waals surface area contributed by atoms with Gasteiger partial charge in [0.15, 0.2) is 6.10 Å². The Kier molecular flexibility index (Phi) is 6.66. The molecule has 2 aromatic carbocycles. The Morgan fingerprint density at radius 2 is 1.73 bits per heavy atom. The molecule has 0 radical (unpaired) electrons. The van der Waals surface area contributed by atoms with E-state index in [9.17, 15) is 19.2 Å². The number of esters is 1. The summed E-state index contributed by atoms with van der Waals surface area (Å²) in [6.07, 6.45) is -0.726. The van der Waals surface area contributed by atoms with Gasteiger partial charge in [0.2, 0.25) is 0 Å². The summed E-state index contributed by atoms with van der Waals surface area (Å²) in [7, 11) is 0. The number of hydrogen-bond donors (Lipinski definition) is 1. The standard InChI is InChI=1S/C22H21BrN2O5/c1-13-5-10-17-18(12-13)22(29)25(21(17)28)11-3-4-19(26)30-14(2)20(27)24-16-8-6-15(23)7-9-16/h5-10,12,14H,3-4,11H2,1-2H3,(H,24,27). The number of imide groups is 1. The van der Waals surface area contributed by atoms with Gasteiger partial charge in [-0.1, -0.05) is 27.6 Å². The van der Waals surface area contributed by atoms with Gasteiger partial charge in [-0.2, -0.15) is 0 Å². The molecule has 2 aromatic rings. The third kappa shape index (κ3) is 4.94. The van der Waals surface area contributed by atoms with Crippen LogP contribution < -0.4 is 5.32 Å². The zero-order chi connectivity index (χ0) is 21.8. The van der Waals surface area contributed by atoms with Gasteiger partial charge in [-0.05, 0) is 56.7 Å². The third-order valence-electron chi connectivity index (χ3n) is 4.68. The van der Waals surface area contributed by atoms with Crippen LogP contribution in [0.1, 0.15) is 46.0 Å². The number of ether oxygens (including phenoxy) is 1. The van der Waals surface area contributed by atoms with Crippen molar-refractivity contribution >= 4 is 45.3 Å². The molecule has 0 saturated heterocycles. The number of carbonyl (C=O) groups excluding carboxylic acids is 4. The van der Waals surface area contributed by atoms with Gasteiger partial charge >= 0.3 is 5.97 Å². The average Bonchev–Trinajstić information content (AvgIpc) is 2.93. The molecule has 0 aromatic heterocycles. The van der Waals surface area contributed by atoms with E-state index < -0.39 is 18.0 Å². The molecule has 30 heavy (non-hydrogen) atoms. The summed E-state index contributed by atoms with van der Waals surface area (Å²) in [6.45, 7) is 3.45. The number of aryl methyl sites for hydroxylation is 1. The zero-order valence-electron chi connectivity index (χ0n) is 16.6. The van der Waals surface area contributed by atoms with Crippen molar-refractivity contribution in [2.24, 2.45) is 0 Å². The van der Waals surface area contributed by atoms with E-state index >= 15 is 0 Å². The predicted molar refractivity (Wildman–Crippen MR) is 114 cm³/mol. The topological polar surface area (TPSA) is 92.8 Å². The van der Waals surface area contributed by atoms with Crippen LogP contribution in [0.2, 0.25) is 0 Å². The van der Waals surface area contributed by atoms with Gasteiger partial charge in [0, 0.05) is 23.1 Å². The van der Waals surface area contributed by atoms with E-state index in [-0.39, 0.29) is 31.2 Å². The van der Waals surface area contributed by atoms with E-state index in [2.05, 4.69) is 21.2 Å². The van der Waals surface area contributed by atoms with Crippen molar-refractivity contribution in [3.8, 4) is 0 Å². The number of rotatable bonds is 7. The maximum absolute atomic E-state index is 12.4. The number of hydrogen-bond acceptors (Lipinski definition) is 5. The minimum atomic E-state index is -0.969. The van der Waals surface area contributed by atoms with E-state index in [1.807, 2.05) is 6.92 Å². The second kappa shape index (κ2) is 9.21. The van der Waals surface area contributed by atoms with Crippen molar-refractivity contribution in [1.82, 2.24) is 4.90 Å². The van der Waals surface area contributed by atoms with Crippen LogP contribution in [-0.4, -0.2) is 41.2 Å². The molecule has 0 bridgehead atoms. The van der Waals surface area contributed by atoms with Crippen LogP contribution in [-0.2, 0) is 14.3 Å². The number of anilines is 1. The van der Waals surface area contributed by atoms with Crippen LogP contribution >= 0.6 is 15.9 Å². The zero-order valence-corrected chi connectivity index (χ0v) is 18.2. The van der Waals surface area contributed by atoms with Gasteiger partial charge < -0.3 is 10.1 Å². The van der Waals surface area contributed by atoms with Crippen LogP contribution in [0.25, 0.3) is 0 Å². The van der Waals surface area contributed by atoms with E-state index in [1.54, 1.807) is 42.5 Å². The number of benzene rings is 2. The Labute approximate surface area is 182 Å². The molecule has 3 amide bonds. The van der Waals surface area contributed by atoms with Crippen LogP contribution in [0.15, 0.2) is 46.9 Å². The normalized spacial score (nSPS) is 13.8. The Hall–Kier alpha value is -3.00. The van der Waals surface area contributed by atoms with Gasteiger partial charge in [0.05, 0.1) is 11.1 Å². The lowest BCUT2D eigenvalue weighted by molar-refractivity contribution is -0.153. The monoisotopic (exact) mass is 472 g/mol. The molecule has 3 rings (SSSR count). The van der Waals surface area contributed by atoms with E-state index in [1.165, 1.54) is 6.92 Å². The molecule has 1 aliphatic rings. The molecule has 0 aliphatic carbocycles. The summed E-state index contributed by atoms with van der Waals surface area (Å²) in [4.78, 5) is 50.2. The second-order valence-electron chi connectivity index (χ2n) is 7.04. The molecule has 1 heterocycles. The molecule has 7 nitrogen and oxygen atoms in total. The fourth-order valence-corrected chi connectivity index (χ4v) is 3.34. The Bertz CT molecular complexity index is 1000. The Balaban J connectivity index is 1.46. The van der Waals surface area contributed by atoms with Crippen molar-refractivity contribution in [3.05, 3.63) is 63.6 Å². The summed E-state index contributed by atoms with van der Waals surface area (Å²) in [5, 5.41) is 2.67. The number of nitrogens with zero attached hydrogens (tertiary/aromatic N) is 1.